The fourth-order valence-electron chi connectivity index (χ4n) is 2.29. The van der Waals surface area contributed by atoms with Gasteiger partial charge in [-0.05, 0) is 18.1 Å². The molecule has 0 radical (unpaired) electrons. The Bertz CT molecular complexity index is 804. The van der Waals surface area contributed by atoms with E-state index in [0.29, 0.717) is 11.3 Å². The SMILES string of the molecule is C=C1C=CC(c2ncc(F)c(N[C@H](CC(=O)O)C(C)C)n2)=CN1C(N)=O. The van der Waals surface area contributed by atoms with Gasteiger partial charge in [0.15, 0.2) is 17.5 Å². The highest BCUT2D eigenvalue weighted by Gasteiger charge is 2.21. The van der Waals surface area contributed by atoms with Crippen molar-refractivity contribution in [3.05, 3.63) is 48.5 Å². The van der Waals surface area contributed by atoms with E-state index in [0.717, 1.165) is 11.1 Å². The van der Waals surface area contributed by atoms with Gasteiger partial charge < -0.3 is 16.2 Å². The minimum absolute atomic E-state index is 0.0635. The van der Waals surface area contributed by atoms with Crippen LogP contribution in [0.1, 0.15) is 26.1 Å². The molecule has 26 heavy (non-hydrogen) atoms. The lowest BCUT2D eigenvalue weighted by Gasteiger charge is -2.23. The van der Waals surface area contributed by atoms with Crippen molar-refractivity contribution in [3.63, 3.8) is 0 Å². The van der Waals surface area contributed by atoms with Crippen molar-refractivity contribution in [2.75, 3.05) is 5.32 Å². The van der Waals surface area contributed by atoms with E-state index in [2.05, 4.69) is 21.9 Å². The van der Waals surface area contributed by atoms with E-state index in [1.807, 2.05) is 13.8 Å². The van der Waals surface area contributed by atoms with Crippen molar-refractivity contribution in [1.82, 2.24) is 14.9 Å². The van der Waals surface area contributed by atoms with Gasteiger partial charge >= 0.3 is 12.0 Å². The smallest absolute Gasteiger partial charge is 0.323 e. The second-order valence-corrected chi connectivity index (χ2v) is 6.10. The molecule has 1 aliphatic heterocycles. The molecule has 1 aliphatic rings. The molecule has 0 saturated carbocycles. The zero-order chi connectivity index (χ0) is 19.4. The zero-order valence-corrected chi connectivity index (χ0v) is 14.4. The van der Waals surface area contributed by atoms with Gasteiger partial charge in [-0.15, -0.1) is 0 Å². The van der Waals surface area contributed by atoms with E-state index in [1.54, 1.807) is 12.2 Å². The summed E-state index contributed by atoms with van der Waals surface area (Å²) in [5.41, 5.74) is 6.08. The second-order valence-electron chi connectivity index (χ2n) is 6.10. The Kier molecular flexibility index (Phi) is 5.71. The van der Waals surface area contributed by atoms with Gasteiger partial charge in [-0.2, -0.15) is 0 Å². The third-order valence-electron chi connectivity index (χ3n) is 3.79. The highest BCUT2D eigenvalue weighted by Crippen LogP contribution is 2.24. The molecule has 2 amide bonds. The van der Waals surface area contributed by atoms with Crippen LogP contribution in [0.2, 0.25) is 0 Å². The molecule has 0 fully saturated rings. The number of nitrogens with one attached hydrogen (secondary N) is 1. The Hall–Kier alpha value is -3.23. The molecule has 0 spiro atoms. The Morgan fingerprint density at radius 3 is 2.69 bits per heavy atom. The fraction of sp³-hybridized carbons (Fsp3) is 0.294. The number of halogens is 1. The summed E-state index contributed by atoms with van der Waals surface area (Å²) in [6, 6.07) is -1.24. The maximum atomic E-state index is 14.1. The maximum Gasteiger partial charge on any atom is 0.323 e. The number of anilines is 1. The lowest BCUT2D eigenvalue weighted by atomic mass is 10.0. The third-order valence-corrected chi connectivity index (χ3v) is 3.79. The first-order valence-electron chi connectivity index (χ1n) is 7.87. The summed E-state index contributed by atoms with van der Waals surface area (Å²) in [7, 11) is 0. The van der Waals surface area contributed by atoms with E-state index in [-0.39, 0.29) is 24.0 Å². The van der Waals surface area contributed by atoms with Crippen LogP contribution in [0.4, 0.5) is 15.0 Å². The van der Waals surface area contributed by atoms with E-state index >= 15 is 0 Å². The summed E-state index contributed by atoms with van der Waals surface area (Å²) in [5.74, 6) is -1.73. The van der Waals surface area contributed by atoms with Gasteiger partial charge in [-0.25, -0.2) is 19.2 Å². The Labute approximate surface area is 149 Å². The lowest BCUT2D eigenvalue weighted by Crippen LogP contribution is -2.31. The number of carbonyl (C=O) groups is 2. The van der Waals surface area contributed by atoms with Gasteiger partial charge in [0.25, 0.3) is 0 Å². The number of aliphatic carboxylic acids is 1. The van der Waals surface area contributed by atoms with Crippen LogP contribution in [0.25, 0.3) is 5.57 Å². The first-order valence-corrected chi connectivity index (χ1v) is 7.87. The van der Waals surface area contributed by atoms with E-state index in [4.69, 9.17) is 10.8 Å². The summed E-state index contributed by atoms with van der Waals surface area (Å²) in [5, 5.41) is 11.8. The average Bonchev–Trinajstić information content (AvgIpc) is 2.55. The lowest BCUT2D eigenvalue weighted by molar-refractivity contribution is -0.137. The molecule has 2 rings (SSSR count). The van der Waals surface area contributed by atoms with Crippen LogP contribution in [0.15, 0.2) is 36.8 Å². The molecular weight excluding hydrogens is 341 g/mol. The Morgan fingerprint density at radius 1 is 1.42 bits per heavy atom. The molecule has 0 aliphatic carbocycles. The number of rotatable bonds is 6. The van der Waals surface area contributed by atoms with Crippen LogP contribution in [0.3, 0.4) is 0 Å². The number of hydrogen-bond donors (Lipinski definition) is 3. The second kappa shape index (κ2) is 7.77. The first kappa shape index (κ1) is 19.1. The normalized spacial score (nSPS) is 15.0. The topological polar surface area (TPSA) is 121 Å². The molecule has 0 unspecified atom stereocenters. The maximum absolute atomic E-state index is 14.1. The van der Waals surface area contributed by atoms with Crippen LogP contribution < -0.4 is 11.1 Å². The van der Waals surface area contributed by atoms with Crippen LogP contribution in [0.5, 0.6) is 0 Å². The minimum atomic E-state index is -1.00. The molecule has 0 saturated heterocycles. The molecule has 1 aromatic heterocycles. The largest absolute Gasteiger partial charge is 0.481 e. The summed E-state index contributed by atoms with van der Waals surface area (Å²) in [4.78, 5) is 31.6. The van der Waals surface area contributed by atoms with Gasteiger partial charge in [0.1, 0.15) is 0 Å². The predicted molar refractivity (Wildman–Crippen MR) is 94.2 cm³/mol. The van der Waals surface area contributed by atoms with E-state index in [9.17, 15) is 14.0 Å². The van der Waals surface area contributed by atoms with Crippen LogP contribution in [-0.4, -0.2) is 38.0 Å². The Balaban J connectivity index is 2.33. The van der Waals surface area contributed by atoms with E-state index in [1.165, 1.54) is 6.20 Å². The number of amides is 2. The highest BCUT2D eigenvalue weighted by atomic mass is 19.1. The van der Waals surface area contributed by atoms with Crippen LogP contribution in [-0.2, 0) is 4.79 Å². The number of nitrogens with zero attached hydrogens (tertiary/aromatic N) is 3. The standard InChI is InChI=1S/C17H20FN5O3/c1-9(2)13(6-14(24)25)21-16-12(18)7-20-15(22-16)11-5-4-10(3)23(8-11)17(19)26/h4-5,7-9,13H,3,6H2,1-2H3,(H2,19,26)(H,24,25)(H,20,21,22)/t13-/m1/s1. The van der Waals surface area contributed by atoms with Crippen LogP contribution >= 0.6 is 0 Å². The van der Waals surface area contributed by atoms with Crippen LogP contribution in [0, 0.1) is 11.7 Å². The minimum Gasteiger partial charge on any atom is -0.481 e. The van der Waals surface area contributed by atoms with Gasteiger partial charge in [0.05, 0.1) is 12.6 Å². The van der Waals surface area contributed by atoms with Crippen molar-refractivity contribution < 1.29 is 19.1 Å². The van der Waals surface area contributed by atoms with Crippen molar-refractivity contribution in [2.45, 2.75) is 26.3 Å². The first-order chi connectivity index (χ1) is 12.2. The van der Waals surface area contributed by atoms with Crippen molar-refractivity contribution >= 4 is 23.4 Å². The number of carbonyl (C=O) groups excluding carboxylic acids is 1. The fourth-order valence-corrected chi connectivity index (χ4v) is 2.29. The quantitative estimate of drug-likeness (QED) is 0.715. The van der Waals surface area contributed by atoms with Crippen molar-refractivity contribution in [2.24, 2.45) is 11.7 Å². The van der Waals surface area contributed by atoms with Crippen molar-refractivity contribution in [1.29, 1.82) is 0 Å². The molecular formula is C17H20FN5O3. The molecule has 138 valence electrons. The van der Waals surface area contributed by atoms with E-state index < -0.39 is 23.9 Å². The molecule has 0 bridgehead atoms. The molecule has 8 nitrogen and oxygen atoms in total. The summed E-state index contributed by atoms with van der Waals surface area (Å²) in [6.07, 6.45) is 5.37. The average molecular weight is 361 g/mol. The molecule has 4 N–H and O–H groups in total. The van der Waals surface area contributed by atoms with Crippen molar-refractivity contribution in [3.8, 4) is 0 Å². The molecule has 2 heterocycles. The van der Waals surface area contributed by atoms with Gasteiger partial charge in [0, 0.05) is 23.5 Å². The van der Waals surface area contributed by atoms with Gasteiger partial charge in [-0.3, -0.25) is 9.69 Å². The number of carboxylic acids is 1. The molecule has 9 heteroatoms. The highest BCUT2D eigenvalue weighted by molar-refractivity contribution is 5.82. The molecule has 1 atom stereocenters. The predicted octanol–water partition coefficient (Wildman–Crippen LogP) is 2.33. The summed E-state index contributed by atoms with van der Waals surface area (Å²) in [6.45, 7) is 7.33. The Morgan fingerprint density at radius 2 is 2.12 bits per heavy atom. The number of carboxylic acid groups (broad SMARTS) is 1. The number of hydrogen-bond acceptors (Lipinski definition) is 5. The molecule has 1 aromatic rings. The van der Waals surface area contributed by atoms with Gasteiger partial charge in [-0.1, -0.05) is 20.4 Å². The summed E-state index contributed by atoms with van der Waals surface area (Å²) < 4.78 is 14.1. The number of primary amides is 1. The number of nitrogens with two attached hydrogens (primary N) is 1. The third kappa shape index (κ3) is 4.44. The van der Waals surface area contributed by atoms with Gasteiger partial charge in [0.2, 0.25) is 0 Å². The summed E-state index contributed by atoms with van der Waals surface area (Å²) >= 11 is 0. The molecule has 0 aromatic carbocycles. The zero-order valence-electron chi connectivity index (χ0n) is 14.4. The number of allylic oxidation sites excluding steroid dienone is 3. The number of urea groups is 1. The number of aromatic nitrogens is 2. The monoisotopic (exact) mass is 361 g/mol.